The molecule has 1 aliphatic heterocycles. The van der Waals surface area contributed by atoms with E-state index in [4.69, 9.17) is 4.74 Å². The molecule has 0 saturated carbocycles. The molecule has 1 atom stereocenters. The van der Waals surface area contributed by atoms with E-state index in [2.05, 4.69) is 0 Å². The maximum atomic E-state index is 13.3. The van der Waals surface area contributed by atoms with E-state index in [0.29, 0.717) is 28.0 Å². The fraction of sp³-hybridized carbons (Fsp3) is 0.214. The number of rotatable bonds is 4. The van der Waals surface area contributed by atoms with Crippen LogP contribution in [0.5, 0.6) is 5.75 Å². The fourth-order valence-corrected chi connectivity index (χ4v) is 4.51. The number of nitrogens with zero attached hydrogens (tertiary/aromatic N) is 1. The molecule has 3 aromatic rings. The average Bonchev–Trinajstić information content (AvgIpc) is 3.09. The number of benzene rings is 3. The number of amides is 1. The summed E-state index contributed by atoms with van der Waals surface area (Å²) in [6.07, 6.45) is -4.55. The smallest absolute Gasteiger partial charge is 0.416 e. The van der Waals surface area contributed by atoms with Gasteiger partial charge in [0.2, 0.25) is 0 Å². The van der Waals surface area contributed by atoms with Crippen LogP contribution < -0.4 is 9.64 Å². The Morgan fingerprint density at radius 2 is 1.56 bits per heavy atom. The van der Waals surface area contributed by atoms with E-state index in [1.165, 1.54) is 7.11 Å². The Balaban J connectivity index is 1.96. The molecule has 3 aromatic carbocycles. The molecule has 1 unspecified atom stereocenters. The number of anilines is 1. The molecule has 0 aromatic heterocycles. The number of ether oxygens (including phenoxy) is 1. The number of aliphatic hydroxyl groups excluding tert-OH is 1. The van der Waals surface area contributed by atoms with E-state index in [1.54, 1.807) is 57.2 Å². The molecule has 186 valence electrons. The predicted molar refractivity (Wildman–Crippen MR) is 130 cm³/mol. The fourth-order valence-electron chi connectivity index (χ4n) is 4.51. The van der Waals surface area contributed by atoms with Gasteiger partial charge in [-0.2, -0.15) is 13.2 Å². The van der Waals surface area contributed by atoms with Crippen molar-refractivity contribution in [1.29, 1.82) is 0 Å². The maximum Gasteiger partial charge on any atom is 0.416 e. The molecule has 1 fully saturated rings. The molecule has 1 heterocycles. The summed E-state index contributed by atoms with van der Waals surface area (Å²) in [6, 6.07) is 13.4. The quantitative estimate of drug-likeness (QED) is 0.263. The largest absolute Gasteiger partial charge is 0.507 e. The molecule has 0 spiro atoms. The highest BCUT2D eigenvalue weighted by Gasteiger charge is 2.47. The predicted octanol–water partition coefficient (Wildman–Crippen LogP) is 6.27. The van der Waals surface area contributed by atoms with Gasteiger partial charge in [-0.05, 0) is 79.4 Å². The number of halogens is 3. The monoisotopic (exact) mass is 495 g/mol. The van der Waals surface area contributed by atoms with Gasteiger partial charge in [-0.3, -0.25) is 14.5 Å². The van der Waals surface area contributed by atoms with Crippen molar-refractivity contribution in [3.05, 3.63) is 99.6 Å². The van der Waals surface area contributed by atoms with Gasteiger partial charge in [-0.1, -0.05) is 24.3 Å². The van der Waals surface area contributed by atoms with Gasteiger partial charge in [0.25, 0.3) is 11.7 Å². The van der Waals surface area contributed by atoms with E-state index in [0.717, 1.165) is 34.7 Å². The summed E-state index contributed by atoms with van der Waals surface area (Å²) in [6.45, 7) is 5.32. The molecule has 1 amide bonds. The molecule has 1 saturated heterocycles. The number of Topliss-reactive ketones (excluding diaryl/α,β-unsaturated/α-hetero) is 1. The van der Waals surface area contributed by atoms with Crippen LogP contribution in [0.1, 0.15) is 39.4 Å². The minimum absolute atomic E-state index is 0.111. The van der Waals surface area contributed by atoms with E-state index in [-0.39, 0.29) is 17.0 Å². The van der Waals surface area contributed by atoms with Crippen molar-refractivity contribution in [3.63, 3.8) is 0 Å². The zero-order valence-corrected chi connectivity index (χ0v) is 20.1. The van der Waals surface area contributed by atoms with Crippen LogP contribution in [0.2, 0.25) is 0 Å². The van der Waals surface area contributed by atoms with E-state index < -0.39 is 29.5 Å². The lowest BCUT2D eigenvalue weighted by Crippen LogP contribution is -2.29. The van der Waals surface area contributed by atoms with Crippen LogP contribution in [-0.4, -0.2) is 23.9 Å². The second kappa shape index (κ2) is 9.18. The third kappa shape index (κ3) is 4.23. The minimum atomic E-state index is -4.55. The van der Waals surface area contributed by atoms with Crippen LogP contribution in [0.25, 0.3) is 5.76 Å². The summed E-state index contributed by atoms with van der Waals surface area (Å²) in [5, 5.41) is 11.4. The first-order valence-electron chi connectivity index (χ1n) is 11.1. The van der Waals surface area contributed by atoms with Crippen LogP contribution in [0.15, 0.2) is 66.2 Å². The number of hydrogen-bond acceptors (Lipinski definition) is 4. The normalized spacial score (nSPS) is 17.5. The minimum Gasteiger partial charge on any atom is -0.507 e. The lowest BCUT2D eigenvalue weighted by atomic mass is 9.91. The van der Waals surface area contributed by atoms with Crippen LogP contribution in [0.3, 0.4) is 0 Å². The van der Waals surface area contributed by atoms with Crippen LogP contribution in [0, 0.1) is 20.8 Å². The molecule has 5 nitrogen and oxygen atoms in total. The van der Waals surface area contributed by atoms with Gasteiger partial charge in [0.05, 0.1) is 24.3 Å². The number of aryl methyl sites for hydroxylation is 3. The standard InChI is InChI=1S/C28H24F3NO4/c1-15-7-5-6-8-20(15)24-23(25(33)21-13-17(3)22(36-4)14-16(21)2)26(34)27(35)32(24)19-11-9-18(10-12-19)28(29,30)31/h5-14,24,33H,1-4H3/b25-23+. The van der Waals surface area contributed by atoms with Crippen LogP contribution in [-0.2, 0) is 15.8 Å². The molecular formula is C28H24F3NO4. The molecule has 8 heteroatoms. The van der Waals surface area contributed by atoms with Crippen molar-refractivity contribution >= 4 is 23.1 Å². The van der Waals surface area contributed by atoms with Crippen LogP contribution in [0.4, 0.5) is 18.9 Å². The van der Waals surface area contributed by atoms with Gasteiger partial charge in [-0.25, -0.2) is 0 Å². The highest BCUT2D eigenvalue weighted by atomic mass is 19.4. The molecule has 36 heavy (non-hydrogen) atoms. The number of aliphatic hydroxyl groups is 1. The molecule has 4 rings (SSSR count). The number of hydrogen-bond donors (Lipinski definition) is 1. The SMILES string of the molecule is COc1cc(C)c(/C(O)=C2\C(=O)C(=O)N(c3ccc(C(F)(F)F)cc3)C2c2ccccc2C)cc1C. The topological polar surface area (TPSA) is 66.8 Å². The lowest BCUT2D eigenvalue weighted by Gasteiger charge is -2.27. The first-order chi connectivity index (χ1) is 17.0. The summed E-state index contributed by atoms with van der Waals surface area (Å²) in [5.74, 6) is -1.62. The summed E-state index contributed by atoms with van der Waals surface area (Å²) in [4.78, 5) is 27.7. The summed E-state index contributed by atoms with van der Waals surface area (Å²) >= 11 is 0. The maximum absolute atomic E-state index is 13.3. The Morgan fingerprint density at radius 1 is 0.917 bits per heavy atom. The van der Waals surface area contributed by atoms with Crippen molar-refractivity contribution in [1.82, 2.24) is 0 Å². The first-order valence-corrected chi connectivity index (χ1v) is 11.1. The Kier molecular flexibility index (Phi) is 6.39. The van der Waals surface area contributed by atoms with E-state index >= 15 is 0 Å². The molecular weight excluding hydrogens is 471 g/mol. The van der Waals surface area contributed by atoms with Crippen LogP contribution >= 0.6 is 0 Å². The van der Waals surface area contributed by atoms with Gasteiger partial charge >= 0.3 is 6.18 Å². The average molecular weight is 495 g/mol. The van der Waals surface area contributed by atoms with Crippen molar-refractivity contribution < 1.29 is 32.6 Å². The second-order valence-corrected chi connectivity index (χ2v) is 8.71. The Hall–Kier alpha value is -4.07. The van der Waals surface area contributed by atoms with Gasteiger partial charge in [0, 0.05) is 11.3 Å². The highest BCUT2D eigenvalue weighted by Crippen LogP contribution is 2.44. The third-order valence-corrected chi connectivity index (χ3v) is 6.40. The lowest BCUT2D eigenvalue weighted by molar-refractivity contribution is -0.137. The third-order valence-electron chi connectivity index (χ3n) is 6.40. The molecule has 1 N–H and O–H groups in total. The number of methoxy groups -OCH3 is 1. The van der Waals surface area contributed by atoms with Crippen molar-refractivity contribution in [2.75, 3.05) is 12.0 Å². The van der Waals surface area contributed by atoms with Crippen molar-refractivity contribution in [2.45, 2.75) is 33.0 Å². The summed E-state index contributed by atoms with van der Waals surface area (Å²) in [7, 11) is 1.52. The molecule has 0 radical (unpaired) electrons. The van der Waals surface area contributed by atoms with Gasteiger partial charge in [0.15, 0.2) is 0 Å². The van der Waals surface area contributed by atoms with E-state index in [9.17, 15) is 27.9 Å². The number of carbonyl (C=O) groups is 2. The zero-order valence-electron chi connectivity index (χ0n) is 20.1. The number of carbonyl (C=O) groups excluding carboxylic acids is 2. The van der Waals surface area contributed by atoms with Crippen molar-refractivity contribution in [3.8, 4) is 5.75 Å². The zero-order chi connectivity index (χ0) is 26.4. The summed E-state index contributed by atoms with van der Waals surface area (Å²) in [5.41, 5.74) is 2.11. The van der Waals surface area contributed by atoms with Gasteiger partial charge in [0.1, 0.15) is 11.5 Å². The summed E-state index contributed by atoms with van der Waals surface area (Å²) < 4.78 is 44.7. The molecule has 0 bridgehead atoms. The van der Waals surface area contributed by atoms with Crippen molar-refractivity contribution in [2.24, 2.45) is 0 Å². The molecule has 0 aliphatic carbocycles. The van der Waals surface area contributed by atoms with Gasteiger partial charge in [-0.15, -0.1) is 0 Å². The van der Waals surface area contributed by atoms with E-state index in [1.807, 2.05) is 0 Å². The number of alkyl halides is 3. The Morgan fingerprint density at radius 3 is 2.14 bits per heavy atom. The highest BCUT2D eigenvalue weighted by molar-refractivity contribution is 6.51. The number of ketones is 1. The molecule has 1 aliphatic rings. The second-order valence-electron chi connectivity index (χ2n) is 8.71. The Labute approximate surface area is 206 Å². The Bertz CT molecular complexity index is 1390. The van der Waals surface area contributed by atoms with Gasteiger partial charge < -0.3 is 9.84 Å². The first kappa shape index (κ1) is 25.0.